The Morgan fingerprint density at radius 2 is 1.07 bits per heavy atom. The smallest absolute Gasteiger partial charge is 0.338 e. The highest BCUT2D eigenvalue weighted by molar-refractivity contribution is 6.99. The fraction of sp³-hybridized carbons (Fsp3) is 0.289. The zero-order chi connectivity index (χ0) is 40.5. The van der Waals surface area contributed by atoms with E-state index in [1.807, 2.05) is 97.1 Å². The van der Waals surface area contributed by atoms with Crippen LogP contribution in [0.1, 0.15) is 42.3 Å². The fourth-order valence-corrected chi connectivity index (χ4v) is 11.8. The maximum atomic E-state index is 13.8. The number of carbonyl (C=O) groups excluding carboxylic acids is 1. The van der Waals surface area contributed by atoms with Crippen molar-refractivity contribution in [3.63, 3.8) is 0 Å². The Morgan fingerprint density at radius 1 is 0.632 bits per heavy atom. The molecule has 12 heteroatoms. The lowest BCUT2D eigenvalue weighted by Gasteiger charge is -2.48. The van der Waals surface area contributed by atoms with E-state index in [1.54, 1.807) is 30.3 Å². The molecule has 5 atom stereocenters. The normalized spacial score (nSPS) is 20.1. The predicted molar refractivity (Wildman–Crippen MR) is 227 cm³/mol. The summed E-state index contributed by atoms with van der Waals surface area (Å²) in [6, 6.07) is 48.3. The van der Waals surface area contributed by atoms with Crippen LogP contribution in [0.3, 0.4) is 0 Å². The highest BCUT2D eigenvalue weighted by Gasteiger charge is 2.55. The third-order valence-corrected chi connectivity index (χ3v) is 15.3. The molecule has 1 aliphatic rings. The van der Waals surface area contributed by atoms with Gasteiger partial charge < -0.3 is 28.1 Å². The van der Waals surface area contributed by atoms with Crippen molar-refractivity contribution < 1.29 is 32.9 Å². The number of halogens is 3. The fourth-order valence-electron chi connectivity index (χ4n) is 7.07. The van der Waals surface area contributed by atoms with Crippen molar-refractivity contribution in [1.29, 1.82) is 5.41 Å². The van der Waals surface area contributed by atoms with Gasteiger partial charge in [-0.15, -0.1) is 0 Å². The first-order chi connectivity index (χ1) is 27.4. The minimum absolute atomic E-state index is 0.00174. The largest absolute Gasteiger partial charge is 0.449 e. The maximum absolute atomic E-state index is 13.8. The monoisotopic (exact) mass is 845 g/mol. The van der Waals surface area contributed by atoms with Crippen LogP contribution in [0.4, 0.5) is 0 Å². The summed E-state index contributed by atoms with van der Waals surface area (Å²) in [6.45, 7) is 6.84. The average Bonchev–Trinajstić information content (AvgIpc) is 3.21. The lowest BCUT2D eigenvalue weighted by Crippen LogP contribution is -2.68. The van der Waals surface area contributed by atoms with Crippen LogP contribution >= 0.6 is 34.8 Å². The molecule has 57 heavy (non-hydrogen) atoms. The van der Waals surface area contributed by atoms with Gasteiger partial charge in [0.25, 0.3) is 12.1 Å². The summed E-state index contributed by atoms with van der Waals surface area (Å²) in [5.41, 5.74) is 2.05. The Balaban J connectivity index is 1.46. The molecular formula is C45H46Cl3NO7Si. The molecule has 0 amide bonds. The highest BCUT2D eigenvalue weighted by atomic mass is 35.6. The summed E-state index contributed by atoms with van der Waals surface area (Å²) in [5.74, 6) is -1.40. The molecule has 6 rings (SSSR count). The second-order valence-electron chi connectivity index (χ2n) is 14.7. The molecule has 0 saturated carbocycles. The van der Waals surface area contributed by atoms with Gasteiger partial charge >= 0.3 is 5.97 Å². The van der Waals surface area contributed by atoms with Crippen molar-refractivity contribution >= 4 is 65.4 Å². The zero-order valence-corrected chi connectivity index (χ0v) is 35.2. The van der Waals surface area contributed by atoms with E-state index in [1.165, 1.54) is 0 Å². The summed E-state index contributed by atoms with van der Waals surface area (Å²) in [5, 5.41) is 10.4. The number of nitrogens with one attached hydrogen (secondary N) is 1. The molecule has 1 aliphatic heterocycles. The Morgan fingerprint density at radius 3 is 1.53 bits per heavy atom. The lowest BCUT2D eigenvalue weighted by molar-refractivity contribution is -0.299. The number of hydrogen-bond donors (Lipinski definition) is 1. The molecule has 0 aromatic heterocycles. The molecule has 0 bridgehead atoms. The molecule has 1 heterocycles. The van der Waals surface area contributed by atoms with Gasteiger partial charge in [-0.3, -0.25) is 5.41 Å². The van der Waals surface area contributed by atoms with E-state index in [0.29, 0.717) is 0 Å². The number of alkyl halides is 3. The molecule has 5 aromatic carbocycles. The number of hydrogen-bond acceptors (Lipinski definition) is 8. The van der Waals surface area contributed by atoms with Gasteiger partial charge in [0.2, 0.25) is 12.2 Å². The van der Waals surface area contributed by atoms with E-state index >= 15 is 0 Å². The third kappa shape index (κ3) is 10.5. The highest BCUT2D eigenvalue weighted by Crippen LogP contribution is 2.39. The van der Waals surface area contributed by atoms with E-state index in [9.17, 15) is 4.79 Å². The second kappa shape index (κ2) is 19.1. The molecule has 0 unspecified atom stereocenters. The SMILES string of the molecule is CC(C)(C)[Si](OC[C@H]1O[C@H](OC(=N)C(Cl)(Cl)Cl)[C@H](OC(=O)c2ccccc2)[C@@H](OCc2ccccc2)[C@H]1OCc1ccccc1)(c1ccccc1)c1ccccc1. The maximum Gasteiger partial charge on any atom is 0.338 e. The Hall–Kier alpha value is -4.03. The molecule has 1 fully saturated rings. The van der Waals surface area contributed by atoms with Crippen molar-refractivity contribution in [1.82, 2.24) is 0 Å². The van der Waals surface area contributed by atoms with Crippen molar-refractivity contribution in [2.75, 3.05) is 6.61 Å². The van der Waals surface area contributed by atoms with Crippen LogP contribution in [-0.2, 0) is 41.3 Å². The lowest BCUT2D eigenvalue weighted by atomic mass is 9.97. The van der Waals surface area contributed by atoms with E-state index in [-0.39, 0.29) is 30.4 Å². The van der Waals surface area contributed by atoms with Crippen molar-refractivity contribution in [3.05, 3.63) is 168 Å². The van der Waals surface area contributed by atoms with Crippen molar-refractivity contribution in [2.45, 2.75) is 73.5 Å². The molecule has 298 valence electrons. The Kier molecular flexibility index (Phi) is 14.3. The van der Waals surface area contributed by atoms with Crippen LogP contribution in [0, 0.1) is 5.41 Å². The second-order valence-corrected chi connectivity index (χ2v) is 21.3. The van der Waals surface area contributed by atoms with E-state index < -0.39 is 54.7 Å². The van der Waals surface area contributed by atoms with Gasteiger partial charge in [0, 0.05) is 0 Å². The van der Waals surface area contributed by atoms with Crippen LogP contribution in [-0.4, -0.2) is 61.3 Å². The Labute approximate surface area is 350 Å². The molecule has 1 saturated heterocycles. The van der Waals surface area contributed by atoms with Gasteiger partial charge in [-0.2, -0.15) is 0 Å². The summed E-state index contributed by atoms with van der Waals surface area (Å²) in [4.78, 5) is 13.8. The van der Waals surface area contributed by atoms with Gasteiger partial charge in [0.1, 0.15) is 18.3 Å². The van der Waals surface area contributed by atoms with Gasteiger partial charge in [-0.25, -0.2) is 4.79 Å². The van der Waals surface area contributed by atoms with Gasteiger partial charge in [-0.05, 0) is 38.7 Å². The third-order valence-electron chi connectivity index (χ3n) is 9.79. The van der Waals surface area contributed by atoms with E-state index in [4.69, 9.17) is 68.3 Å². The number of benzene rings is 5. The van der Waals surface area contributed by atoms with Gasteiger partial charge in [-0.1, -0.05) is 195 Å². The molecule has 0 radical (unpaired) electrons. The van der Waals surface area contributed by atoms with Crippen LogP contribution < -0.4 is 10.4 Å². The molecule has 1 N–H and O–H groups in total. The Bertz CT molecular complexity index is 1980. The summed E-state index contributed by atoms with van der Waals surface area (Å²) in [6.07, 6.45) is -5.63. The van der Waals surface area contributed by atoms with E-state index in [0.717, 1.165) is 21.5 Å². The molecule has 0 spiro atoms. The molecule has 0 aliphatic carbocycles. The van der Waals surface area contributed by atoms with Gasteiger partial charge in [0.15, 0.2) is 6.10 Å². The number of esters is 1. The van der Waals surface area contributed by atoms with Gasteiger partial charge in [0.05, 0.1) is 25.4 Å². The molecular weight excluding hydrogens is 801 g/mol. The summed E-state index contributed by atoms with van der Waals surface area (Å²) >= 11 is 18.5. The average molecular weight is 847 g/mol. The minimum Gasteiger partial charge on any atom is -0.449 e. The van der Waals surface area contributed by atoms with E-state index in [2.05, 4.69) is 45.0 Å². The van der Waals surface area contributed by atoms with Crippen LogP contribution in [0.2, 0.25) is 5.04 Å². The summed E-state index contributed by atoms with van der Waals surface area (Å²) in [7, 11) is -3.12. The van der Waals surface area contributed by atoms with Crippen LogP contribution in [0.25, 0.3) is 0 Å². The van der Waals surface area contributed by atoms with Crippen LogP contribution in [0.15, 0.2) is 152 Å². The van der Waals surface area contributed by atoms with Crippen molar-refractivity contribution in [2.24, 2.45) is 0 Å². The number of rotatable bonds is 14. The standard InChI is InChI=1S/C45H46Cl3NO7Si/c1-44(2,3)57(35-25-15-7-16-26-35,36-27-17-8-18-28-36)53-31-37-38(51-29-32-19-9-4-10-20-32)39(52-30-33-21-11-5-12-22-33)40(42(54-37)56-43(49)45(46,47)48)55-41(50)34-23-13-6-14-24-34/h4-28,37-40,42,49H,29-31H2,1-3H3/t37-,38+,39+,40-,42-/m1/s1. The summed E-state index contributed by atoms with van der Waals surface area (Å²) < 4.78 is 37.6. The zero-order valence-electron chi connectivity index (χ0n) is 31.9. The molecule has 8 nitrogen and oxygen atoms in total. The predicted octanol–water partition coefficient (Wildman–Crippen LogP) is 9.05. The minimum atomic E-state index is -3.12. The molecule has 5 aromatic rings. The van der Waals surface area contributed by atoms with Crippen molar-refractivity contribution in [3.8, 4) is 0 Å². The first-order valence-electron chi connectivity index (χ1n) is 18.7. The first kappa shape index (κ1) is 42.6. The van der Waals surface area contributed by atoms with Crippen LogP contribution in [0.5, 0.6) is 0 Å². The topological polar surface area (TPSA) is 96.3 Å². The quantitative estimate of drug-likeness (QED) is 0.0392. The first-order valence-corrected chi connectivity index (χ1v) is 21.7. The number of carbonyl (C=O) groups is 1. The number of ether oxygens (including phenoxy) is 5.